The van der Waals surface area contributed by atoms with Crippen LogP contribution in [0.2, 0.25) is 0 Å². The SMILES string of the molecule is COC(=O)[C@@H]1CC2=CC(=O)CC[C@]2(C)C23O[C@@H]2C[C@@]2(C)[C@@H](CC[C@@]2(O)CCC(=O)O)[C@]13C. The molecule has 0 aromatic rings. The molecule has 8 atom stereocenters. The van der Waals surface area contributed by atoms with Gasteiger partial charge >= 0.3 is 11.9 Å². The van der Waals surface area contributed by atoms with Gasteiger partial charge in [0.05, 0.1) is 24.7 Å². The number of hydrogen-bond donors (Lipinski definition) is 2. The van der Waals surface area contributed by atoms with Crippen molar-refractivity contribution in [3.05, 3.63) is 11.6 Å². The second-order valence-corrected chi connectivity index (χ2v) is 11.5. The van der Waals surface area contributed by atoms with Crippen molar-refractivity contribution in [2.75, 3.05) is 7.11 Å². The van der Waals surface area contributed by atoms with Gasteiger partial charge in [-0.1, -0.05) is 26.3 Å². The van der Waals surface area contributed by atoms with Crippen molar-refractivity contribution in [1.82, 2.24) is 0 Å². The van der Waals surface area contributed by atoms with Crippen molar-refractivity contribution in [3.63, 3.8) is 0 Å². The molecular weight excluding hydrogens is 412 g/mol. The van der Waals surface area contributed by atoms with E-state index in [0.29, 0.717) is 38.5 Å². The van der Waals surface area contributed by atoms with Crippen molar-refractivity contribution in [2.24, 2.45) is 28.1 Å². The average molecular weight is 447 g/mol. The largest absolute Gasteiger partial charge is 0.481 e. The van der Waals surface area contributed by atoms with Crippen molar-refractivity contribution < 1.29 is 34.1 Å². The maximum Gasteiger partial charge on any atom is 0.309 e. The first kappa shape index (κ1) is 22.1. The van der Waals surface area contributed by atoms with Crippen molar-refractivity contribution >= 4 is 17.7 Å². The Hall–Kier alpha value is -1.73. The molecule has 5 rings (SSSR count). The van der Waals surface area contributed by atoms with Gasteiger partial charge in [-0.05, 0) is 50.5 Å². The molecule has 32 heavy (non-hydrogen) atoms. The minimum absolute atomic E-state index is 0.0207. The van der Waals surface area contributed by atoms with E-state index in [4.69, 9.17) is 9.47 Å². The zero-order chi connectivity index (χ0) is 23.3. The molecule has 1 unspecified atom stereocenters. The Labute approximate surface area is 188 Å². The molecular formula is C25H34O7. The molecule has 4 aliphatic carbocycles. The number of fused-ring (bicyclic) bond motifs is 3. The molecule has 2 N–H and O–H groups in total. The van der Waals surface area contributed by atoms with Crippen LogP contribution in [-0.2, 0) is 23.9 Å². The molecule has 1 heterocycles. The van der Waals surface area contributed by atoms with E-state index in [9.17, 15) is 24.6 Å². The quantitative estimate of drug-likeness (QED) is 0.504. The summed E-state index contributed by atoms with van der Waals surface area (Å²) >= 11 is 0. The molecule has 0 amide bonds. The lowest BCUT2D eigenvalue weighted by atomic mass is 9.37. The summed E-state index contributed by atoms with van der Waals surface area (Å²) in [5.74, 6) is -1.61. The number of ketones is 1. The molecule has 4 fully saturated rings. The molecule has 3 saturated carbocycles. The molecule has 1 saturated heterocycles. The summed E-state index contributed by atoms with van der Waals surface area (Å²) in [7, 11) is 1.40. The first-order valence-electron chi connectivity index (χ1n) is 11.8. The summed E-state index contributed by atoms with van der Waals surface area (Å²) in [4.78, 5) is 36.8. The van der Waals surface area contributed by atoms with Crippen LogP contribution >= 0.6 is 0 Å². The molecule has 0 aromatic carbocycles. The summed E-state index contributed by atoms with van der Waals surface area (Å²) in [6, 6.07) is 0. The van der Waals surface area contributed by atoms with Gasteiger partial charge in [0.25, 0.3) is 0 Å². The van der Waals surface area contributed by atoms with Gasteiger partial charge in [0.15, 0.2) is 5.78 Å². The minimum Gasteiger partial charge on any atom is -0.481 e. The van der Waals surface area contributed by atoms with E-state index in [1.165, 1.54) is 7.11 Å². The Balaban J connectivity index is 1.65. The number of ether oxygens (including phenoxy) is 2. The number of aliphatic carboxylic acids is 1. The van der Waals surface area contributed by atoms with Crippen LogP contribution in [0.4, 0.5) is 0 Å². The second-order valence-electron chi connectivity index (χ2n) is 11.5. The molecule has 5 aliphatic rings. The number of rotatable bonds is 4. The van der Waals surface area contributed by atoms with Crippen LogP contribution < -0.4 is 0 Å². The number of epoxide rings is 1. The van der Waals surface area contributed by atoms with Crippen LogP contribution in [0.3, 0.4) is 0 Å². The predicted octanol–water partition coefficient (Wildman–Crippen LogP) is 3.03. The zero-order valence-corrected chi connectivity index (χ0v) is 19.4. The van der Waals surface area contributed by atoms with Crippen molar-refractivity contribution in [3.8, 4) is 0 Å². The van der Waals surface area contributed by atoms with E-state index < -0.39 is 33.9 Å². The fourth-order valence-corrected chi connectivity index (χ4v) is 8.98. The lowest BCUT2D eigenvalue weighted by molar-refractivity contribution is -0.187. The summed E-state index contributed by atoms with van der Waals surface area (Å²) in [5.41, 5.74) is -2.18. The lowest BCUT2D eigenvalue weighted by Gasteiger charge is -2.64. The summed E-state index contributed by atoms with van der Waals surface area (Å²) in [6.07, 6.45) is 5.21. The average Bonchev–Trinajstić information content (AvgIpc) is 3.40. The molecule has 0 bridgehead atoms. The Morgan fingerprint density at radius 1 is 1.25 bits per heavy atom. The van der Waals surface area contributed by atoms with Crippen LogP contribution in [0, 0.1) is 28.1 Å². The Morgan fingerprint density at radius 3 is 2.62 bits per heavy atom. The Morgan fingerprint density at radius 2 is 1.97 bits per heavy atom. The highest BCUT2D eigenvalue weighted by atomic mass is 16.6. The van der Waals surface area contributed by atoms with E-state index >= 15 is 0 Å². The van der Waals surface area contributed by atoms with Crippen LogP contribution in [0.25, 0.3) is 0 Å². The zero-order valence-electron chi connectivity index (χ0n) is 19.4. The van der Waals surface area contributed by atoms with E-state index in [1.807, 2.05) is 0 Å². The van der Waals surface area contributed by atoms with Gasteiger partial charge in [0.2, 0.25) is 0 Å². The maximum absolute atomic E-state index is 13.2. The second kappa shape index (κ2) is 6.44. The number of aliphatic hydroxyl groups is 1. The van der Waals surface area contributed by atoms with Gasteiger partial charge < -0.3 is 19.7 Å². The fraction of sp³-hybridized carbons (Fsp3) is 0.800. The highest BCUT2D eigenvalue weighted by Gasteiger charge is 2.87. The molecule has 1 aliphatic heterocycles. The van der Waals surface area contributed by atoms with E-state index in [-0.39, 0.29) is 42.0 Å². The smallest absolute Gasteiger partial charge is 0.309 e. The predicted molar refractivity (Wildman–Crippen MR) is 114 cm³/mol. The van der Waals surface area contributed by atoms with Gasteiger partial charge in [-0.25, -0.2) is 0 Å². The highest BCUT2D eigenvalue weighted by Crippen LogP contribution is 2.82. The third kappa shape index (κ3) is 2.32. The Bertz CT molecular complexity index is 941. The number of carbonyl (C=O) groups is 3. The van der Waals surface area contributed by atoms with E-state index in [0.717, 1.165) is 5.57 Å². The normalized spacial score (nSPS) is 51.0. The van der Waals surface area contributed by atoms with Gasteiger partial charge in [-0.3, -0.25) is 14.4 Å². The van der Waals surface area contributed by atoms with Crippen LogP contribution in [-0.4, -0.2) is 52.4 Å². The van der Waals surface area contributed by atoms with E-state index in [2.05, 4.69) is 20.8 Å². The van der Waals surface area contributed by atoms with Crippen molar-refractivity contribution in [2.45, 2.75) is 89.4 Å². The van der Waals surface area contributed by atoms with Gasteiger partial charge in [-0.2, -0.15) is 0 Å². The third-order valence-corrected chi connectivity index (χ3v) is 10.7. The number of carboxylic acids is 1. The summed E-state index contributed by atoms with van der Waals surface area (Å²) in [6.45, 7) is 6.39. The minimum atomic E-state index is -1.11. The lowest BCUT2D eigenvalue weighted by Crippen LogP contribution is -2.68. The molecule has 0 aromatic heterocycles. The summed E-state index contributed by atoms with van der Waals surface area (Å²) in [5, 5.41) is 21.0. The number of carboxylic acid groups (broad SMARTS) is 1. The third-order valence-electron chi connectivity index (χ3n) is 10.7. The molecule has 176 valence electrons. The van der Waals surface area contributed by atoms with Gasteiger partial charge in [0, 0.05) is 29.1 Å². The molecule has 0 radical (unpaired) electrons. The molecule has 7 heteroatoms. The number of hydrogen-bond acceptors (Lipinski definition) is 6. The van der Waals surface area contributed by atoms with Crippen LogP contribution in [0.5, 0.6) is 0 Å². The van der Waals surface area contributed by atoms with Gasteiger partial charge in [-0.15, -0.1) is 0 Å². The van der Waals surface area contributed by atoms with Crippen LogP contribution in [0.15, 0.2) is 11.6 Å². The number of esters is 1. The topological polar surface area (TPSA) is 113 Å². The first-order chi connectivity index (χ1) is 14.9. The summed E-state index contributed by atoms with van der Waals surface area (Å²) < 4.78 is 11.9. The van der Waals surface area contributed by atoms with Gasteiger partial charge in [0.1, 0.15) is 5.60 Å². The highest BCUT2D eigenvalue weighted by molar-refractivity contribution is 5.92. The maximum atomic E-state index is 13.2. The fourth-order valence-electron chi connectivity index (χ4n) is 8.98. The van der Waals surface area contributed by atoms with E-state index in [1.54, 1.807) is 6.08 Å². The van der Waals surface area contributed by atoms with Crippen LogP contribution in [0.1, 0.15) is 72.1 Å². The number of methoxy groups -OCH3 is 1. The number of carbonyl (C=O) groups excluding carboxylic acids is 2. The Kier molecular flexibility index (Phi) is 4.44. The van der Waals surface area contributed by atoms with Crippen molar-refractivity contribution in [1.29, 1.82) is 0 Å². The first-order valence-corrected chi connectivity index (χ1v) is 11.8. The monoisotopic (exact) mass is 446 g/mol. The molecule has 7 nitrogen and oxygen atoms in total. The standard InChI is InChI=1S/C25H34O7/c1-21-8-5-15(26)11-14(21)12-16(20(29)31-4)23(3)17-6-9-24(30,10-7-19(27)28)22(17,2)13-18-25(21,23)32-18/h11,16-18,30H,5-10,12-13H2,1-4H3,(H,27,28)/t16-,17+,18+,21-,22-,23-,24+,25?/m0/s1. The molecule has 1 spiro atoms.